The summed E-state index contributed by atoms with van der Waals surface area (Å²) < 4.78 is 10.9. The summed E-state index contributed by atoms with van der Waals surface area (Å²) in [5, 5.41) is 6.82. The minimum absolute atomic E-state index is 0.0155. The van der Waals surface area contributed by atoms with Crippen LogP contribution in [0, 0.1) is 6.92 Å². The standard InChI is InChI=1S/C24H26N4O4/c1-16-8-9-19(14-20(16)31-2)22-26-24(32-27-22)18-10-12-28(13-11-18)21(29)15-25-23(30)17-6-4-3-5-7-17/h3-9,14,18H,10-13,15H2,1-2H3,(H,25,30). The lowest BCUT2D eigenvalue weighted by atomic mass is 9.96. The number of rotatable bonds is 6. The number of hydrogen-bond donors (Lipinski definition) is 1. The maximum atomic E-state index is 12.5. The molecule has 0 radical (unpaired) electrons. The zero-order valence-corrected chi connectivity index (χ0v) is 18.2. The normalized spacial score (nSPS) is 14.2. The average Bonchev–Trinajstić information content (AvgIpc) is 3.33. The van der Waals surface area contributed by atoms with Gasteiger partial charge in [-0.3, -0.25) is 9.59 Å². The summed E-state index contributed by atoms with van der Waals surface area (Å²) in [7, 11) is 1.63. The molecule has 1 aromatic heterocycles. The van der Waals surface area contributed by atoms with Crippen molar-refractivity contribution in [2.75, 3.05) is 26.7 Å². The number of benzene rings is 2. The predicted molar refractivity (Wildman–Crippen MR) is 118 cm³/mol. The van der Waals surface area contributed by atoms with Crippen LogP contribution in [0.3, 0.4) is 0 Å². The third-order valence-corrected chi connectivity index (χ3v) is 5.74. The van der Waals surface area contributed by atoms with Gasteiger partial charge < -0.3 is 19.5 Å². The first kappa shape index (κ1) is 21.5. The van der Waals surface area contributed by atoms with Crippen molar-refractivity contribution in [3.8, 4) is 17.1 Å². The zero-order valence-electron chi connectivity index (χ0n) is 18.2. The molecule has 2 aromatic carbocycles. The monoisotopic (exact) mass is 434 g/mol. The molecule has 3 aromatic rings. The van der Waals surface area contributed by atoms with Crippen LogP contribution in [0.15, 0.2) is 53.1 Å². The van der Waals surface area contributed by atoms with Crippen molar-refractivity contribution in [1.29, 1.82) is 0 Å². The molecular formula is C24H26N4O4. The van der Waals surface area contributed by atoms with Gasteiger partial charge in [0.25, 0.3) is 5.91 Å². The molecule has 0 bridgehead atoms. The van der Waals surface area contributed by atoms with E-state index >= 15 is 0 Å². The van der Waals surface area contributed by atoms with Gasteiger partial charge in [-0.15, -0.1) is 0 Å². The molecule has 1 aliphatic rings. The van der Waals surface area contributed by atoms with Gasteiger partial charge in [0, 0.05) is 30.1 Å². The number of nitrogens with one attached hydrogen (secondary N) is 1. The third-order valence-electron chi connectivity index (χ3n) is 5.74. The van der Waals surface area contributed by atoms with E-state index in [4.69, 9.17) is 9.26 Å². The van der Waals surface area contributed by atoms with Crippen LogP contribution in [0.4, 0.5) is 0 Å². The molecule has 4 rings (SSSR count). The van der Waals surface area contributed by atoms with E-state index in [0.29, 0.717) is 30.4 Å². The number of aromatic nitrogens is 2. The number of carbonyl (C=O) groups is 2. The molecule has 1 fully saturated rings. The number of aryl methyl sites for hydroxylation is 1. The number of amides is 2. The van der Waals surface area contributed by atoms with E-state index in [1.54, 1.807) is 36.3 Å². The maximum absolute atomic E-state index is 12.5. The zero-order chi connectivity index (χ0) is 22.5. The molecule has 1 N–H and O–H groups in total. The second-order valence-electron chi connectivity index (χ2n) is 7.84. The van der Waals surface area contributed by atoms with E-state index in [1.807, 2.05) is 31.2 Å². The summed E-state index contributed by atoms with van der Waals surface area (Å²) in [6, 6.07) is 14.7. The largest absolute Gasteiger partial charge is 0.496 e. The van der Waals surface area contributed by atoms with Crippen LogP contribution in [0.2, 0.25) is 0 Å². The number of piperidine rings is 1. The molecule has 0 atom stereocenters. The van der Waals surface area contributed by atoms with Crippen molar-refractivity contribution in [3.63, 3.8) is 0 Å². The highest BCUT2D eigenvalue weighted by molar-refractivity contribution is 5.96. The van der Waals surface area contributed by atoms with Crippen LogP contribution in [0.1, 0.15) is 40.6 Å². The Balaban J connectivity index is 1.30. The van der Waals surface area contributed by atoms with Crippen molar-refractivity contribution >= 4 is 11.8 Å². The summed E-state index contributed by atoms with van der Waals surface area (Å²) >= 11 is 0. The predicted octanol–water partition coefficient (Wildman–Crippen LogP) is 3.19. The van der Waals surface area contributed by atoms with Crippen molar-refractivity contribution in [1.82, 2.24) is 20.4 Å². The Morgan fingerprint density at radius 1 is 1.16 bits per heavy atom. The summed E-state index contributed by atoms with van der Waals surface area (Å²) in [5.74, 6) is 1.65. The Bertz CT molecular complexity index is 1090. The lowest BCUT2D eigenvalue weighted by molar-refractivity contribution is -0.131. The molecule has 166 valence electrons. The van der Waals surface area contributed by atoms with E-state index in [-0.39, 0.29) is 24.3 Å². The molecule has 2 heterocycles. The van der Waals surface area contributed by atoms with E-state index in [0.717, 1.165) is 29.7 Å². The van der Waals surface area contributed by atoms with Crippen molar-refractivity contribution in [2.45, 2.75) is 25.7 Å². The highest BCUT2D eigenvalue weighted by Crippen LogP contribution is 2.30. The Hall–Kier alpha value is -3.68. The highest BCUT2D eigenvalue weighted by Gasteiger charge is 2.28. The van der Waals surface area contributed by atoms with Gasteiger partial charge in [0.2, 0.25) is 17.6 Å². The Labute approximate surface area is 186 Å². The topological polar surface area (TPSA) is 97.6 Å². The first-order chi connectivity index (χ1) is 15.5. The van der Waals surface area contributed by atoms with Crippen molar-refractivity contribution in [2.24, 2.45) is 0 Å². The van der Waals surface area contributed by atoms with Gasteiger partial charge in [0.1, 0.15) is 5.75 Å². The molecule has 0 unspecified atom stereocenters. The lowest BCUT2D eigenvalue weighted by Crippen LogP contribution is -2.43. The minimum Gasteiger partial charge on any atom is -0.496 e. The van der Waals surface area contributed by atoms with Crippen LogP contribution >= 0.6 is 0 Å². The fraction of sp³-hybridized carbons (Fsp3) is 0.333. The second kappa shape index (κ2) is 9.64. The first-order valence-corrected chi connectivity index (χ1v) is 10.6. The third kappa shape index (κ3) is 4.80. The van der Waals surface area contributed by atoms with Crippen LogP contribution in [0.5, 0.6) is 5.75 Å². The molecule has 32 heavy (non-hydrogen) atoms. The van der Waals surface area contributed by atoms with Gasteiger partial charge in [0.15, 0.2) is 0 Å². The molecular weight excluding hydrogens is 408 g/mol. The van der Waals surface area contributed by atoms with Gasteiger partial charge in [-0.25, -0.2) is 0 Å². The number of hydrogen-bond acceptors (Lipinski definition) is 6. The summed E-state index contributed by atoms with van der Waals surface area (Å²) in [5.41, 5.74) is 2.42. The van der Waals surface area contributed by atoms with Crippen LogP contribution in [-0.2, 0) is 4.79 Å². The van der Waals surface area contributed by atoms with Gasteiger partial charge in [0.05, 0.1) is 13.7 Å². The number of ether oxygens (including phenoxy) is 1. The quantitative estimate of drug-likeness (QED) is 0.640. The summed E-state index contributed by atoms with van der Waals surface area (Å²) in [6.45, 7) is 3.13. The second-order valence-corrected chi connectivity index (χ2v) is 7.84. The molecule has 0 saturated carbocycles. The lowest BCUT2D eigenvalue weighted by Gasteiger charge is -2.30. The van der Waals surface area contributed by atoms with Gasteiger partial charge in [-0.2, -0.15) is 4.98 Å². The maximum Gasteiger partial charge on any atom is 0.251 e. The Morgan fingerprint density at radius 3 is 2.62 bits per heavy atom. The van der Waals surface area contributed by atoms with Crippen LogP contribution < -0.4 is 10.1 Å². The number of carbonyl (C=O) groups excluding carboxylic acids is 2. The fourth-order valence-corrected chi connectivity index (χ4v) is 3.81. The molecule has 0 aliphatic carbocycles. The molecule has 2 amide bonds. The van der Waals surface area contributed by atoms with E-state index in [2.05, 4.69) is 15.5 Å². The molecule has 0 spiro atoms. The summed E-state index contributed by atoms with van der Waals surface area (Å²) in [6.07, 6.45) is 1.47. The SMILES string of the molecule is COc1cc(-c2noc(C3CCN(C(=O)CNC(=O)c4ccccc4)CC3)n2)ccc1C. The Morgan fingerprint density at radius 2 is 1.91 bits per heavy atom. The summed E-state index contributed by atoms with van der Waals surface area (Å²) in [4.78, 5) is 31.0. The first-order valence-electron chi connectivity index (χ1n) is 10.6. The van der Waals surface area contributed by atoms with E-state index < -0.39 is 0 Å². The fourth-order valence-electron chi connectivity index (χ4n) is 3.81. The van der Waals surface area contributed by atoms with Crippen LogP contribution in [0.25, 0.3) is 11.4 Å². The minimum atomic E-state index is -0.250. The highest BCUT2D eigenvalue weighted by atomic mass is 16.5. The molecule has 8 nitrogen and oxygen atoms in total. The molecule has 1 aliphatic heterocycles. The van der Waals surface area contributed by atoms with Gasteiger partial charge in [-0.1, -0.05) is 35.5 Å². The number of likely N-dealkylation sites (tertiary alicyclic amines) is 1. The van der Waals surface area contributed by atoms with E-state index in [1.165, 1.54) is 0 Å². The molecule has 1 saturated heterocycles. The smallest absolute Gasteiger partial charge is 0.251 e. The van der Waals surface area contributed by atoms with Crippen molar-refractivity contribution < 1.29 is 18.8 Å². The molecule has 8 heteroatoms. The van der Waals surface area contributed by atoms with Crippen LogP contribution in [-0.4, -0.2) is 53.6 Å². The van der Waals surface area contributed by atoms with Crippen molar-refractivity contribution in [3.05, 3.63) is 65.5 Å². The van der Waals surface area contributed by atoms with E-state index in [9.17, 15) is 9.59 Å². The van der Waals surface area contributed by atoms with Gasteiger partial charge >= 0.3 is 0 Å². The number of methoxy groups -OCH3 is 1. The average molecular weight is 434 g/mol. The number of nitrogens with zero attached hydrogens (tertiary/aromatic N) is 3. The Kier molecular flexibility index (Phi) is 6.49. The van der Waals surface area contributed by atoms with Gasteiger partial charge in [-0.05, 0) is 43.5 Å².